The number of urea groups is 1. The highest BCUT2D eigenvalue weighted by atomic mass is 16.5. The highest BCUT2D eigenvalue weighted by molar-refractivity contribution is 5.74. The lowest BCUT2D eigenvalue weighted by Gasteiger charge is -2.46. The van der Waals surface area contributed by atoms with Crippen molar-refractivity contribution in [1.29, 1.82) is 0 Å². The molecule has 2 amide bonds. The number of amides is 2. The van der Waals surface area contributed by atoms with Gasteiger partial charge in [0.15, 0.2) is 0 Å². The Morgan fingerprint density at radius 2 is 2.13 bits per heavy atom. The molecule has 2 saturated heterocycles. The number of pyridine rings is 1. The predicted molar refractivity (Wildman–Crippen MR) is 86.1 cm³/mol. The standard InChI is InChI=1S/C17H25N3O3/c21-15-2-1-13-23-17(15)6-11-20(12-7-17)16(22)19-10-5-14-3-8-18-9-4-14/h3-4,8-9,15,21H,1-2,5-7,10-13H2,(H,19,22)/t15-/m1/s1. The van der Waals surface area contributed by atoms with Crippen LogP contribution in [0, 0.1) is 0 Å². The lowest BCUT2D eigenvalue weighted by molar-refractivity contribution is -0.173. The summed E-state index contributed by atoms with van der Waals surface area (Å²) >= 11 is 0. The fraction of sp³-hybridized carbons (Fsp3) is 0.647. The van der Waals surface area contributed by atoms with Crippen molar-refractivity contribution in [2.45, 2.75) is 43.8 Å². The smallest absolute Gasteiger partial charge is 0.317 e. The molecule has 126 valence electrons. The number of piperidine rings is 1. The van der Waals surface area contributed by atoms with Gasteiger partial charge >= 0.3 is 6.03 Å². The molecule has 0 unspecified atom stereocenters. The van der Waals surface area contributed by atoms with Crippen molar-refractivity contribution >= 4 is 6.03 Å². The molecule has 3 rings (SSSR count). The van der Waals surface area contributed by atoms with E-state index in [1.165, 1.54) is 0 Å². The lowest BCUT2D eigenvalue weighted by Crippen LogP contribution is -2.57. The third kappa shape index (κ3) is 3.82. The van der Waals surface area contributed by atoms with Gasteiger partial charge in [0.25, 0.3) is 0 Å². The topological polar surface area (TPSA) is 74.7 Å². The maximum absolute atomic E-state index is 12.2. The fourth-order valence-electron chi connectivity index (χ4n) is 3.45. The zero-order chi connectivity index (χ0) is 16.1. The number of aromatic nitrogens is 1. The molecule has 23 heavy (non-hydrogen) atoms. The van der Waals surface area contributed by atoms with Crippen LogP contribution in [0.2, 0.25) is 0 Å². The number of nitrogens with one attached hydrogen (secondary N) is 1. The van der Waals surface area contributed by atoms with Crippen LogP contribution >= 0.6 is 0 Å². The number of ether oxygens (including phenoxy) is 1. The monoisotopic (exact) mass is 319 g/mol. The minimum Gasteiger partial charge on any atom is -0.390 e. The van der Waals surface area contributed by atoms with Crippen LogP contribution in [-0.2, 0) is 11.2 Å². The van der Waals surface area contributed by atoms with E-state index in [1.807, 2.05) is 17.0 Å². The van der Waals surface area contributed by atoms with E-state index in [1.54, 1.807) is 12.4 Å². The number of hydrogen-bond acceptors (Lipinski definition) is 4. The van der Waals surface area contributed by atoms with Crippen molar-refractivity contribution in [3.05, 3.63) is 30.1 Å². The van der Waals surface area contributed by atoms with E-state index in [0.29, 0.717) is 32.5 Å². The van der Waals surface area contributed by atoms with Crippen LogP contribution in [-0.4, -0.2) is 59.0 Å². The quantitative estimate of drug-likeness (QED) is 0.882. The van der Waals surface area contributed by atoms with Gasteiger partial charge in [-0.25, -0.2) is 4.79 Å². The van der Waals surface area contributed by atoms with Gasteiger partial charge < -0.3 is 20.1 Å². The van der Waals surface area contributed by atoms with Gasteiger partial charge in [-0.15, -0.1) is 0 Å². The SMILES string of the molecule is O=C(NCCc1ccncc1)N1CCC2(CC1)OCCC[C@H]2O. The van der Waals surface area contributed by atoms with Crippen LogP contribution in [0.15, 0.2) is 24.5 Å². The number of carbonyl (C=O) groups is 1. The molecule has 2 aliphatic heterocycles. The summed E-state index contributed by atoms with van der Waals surface area (Å²) < 4.78 is 5.87. The van der Waals surface area contributed by atoms with Gasteiger partial charge in [-0.05, 0) is 49.8 Å². The molecule has 0 bridgehead atoms. The predicted octanol–water partition coefficient (Wildman–Crippen LogP) is 1.34. The van der Waals surface area contributed by atoms with Crippen LogP contribution in [0.4, 0.5) is 4.79 Å². The third-order valence-electron chi connectivity index (χ3n) is 4.95. The number of aliphatic hydroxyl groups is 1. The van der Waals surface area contributed by atoms with E-state index >= 15 is 0 Å². The maximum atomic E-state index is 12.2. The maximum Gasteiger partial charge on any atom is 0.317 e. The summed E-state index contributed by atoms with van der Waals surface area (Å²) in [5, 5.41) is 13.2. The van der Waals surface area contributed by atoms with Crippen molar-refractivity contribution in [1.82, 2.24) is 15.2 Å². The molecular weight excluding hydrogens is 294 g/mol. The second-order valence-corrected chi connectivity index (χ2v) is 6.40. The second-order valence-electron chi connectivity index (χ2n) is 6.40. The molecule has 6 heteroatoms. The van der Waals surface area contributed by atoms with Crippen molar-refractivity contribution in [3.8, 4) is 0 Å². The molecule has 0 saturated carbocycles. The largest absolute Gasteiger partial charge is 0.390 e. The number of nitrogens with zero attached hydrogens (tertiary/aromatic N) is 2. The molecule has 0 radical (unpaired) electrons. The van der Waals surface area contributed by atoms with Gasteiger partial charge in [-0.3, -0.25) is 4.98 Å². The van der Waals surface area contributed by atoms with Gasteiger partial charge in [0, 0.05) is 38.6 Å². The minimum atomic E-state index is -0.425. The number of carbonyl (C=O) groups excluding carboxylic acids is 1. The zero-order valence-electron chi connectivity index (χ0n) is 13.4. The Morgan fingerprint density at radius 3 is 2.83 bits per heavy atom. The minimum absolute atomic E-state index is 0.0285. The van der Waals surface area contributed by atoms with Crippen molar-refractivity contribution in [3.63, 3.8) is 0 Å². The lowest BCUT2D eigenvalue weighted by atomic mass is 9.82. The van der Waals surface area contributed by atoms with Gasteiger partial charge in [-0.2, -0.15) is 0 Å². The van der Waals surface area contributed by atoms with Crippen LogP contribution in [0.1, 0.15) is 31.2 Å². The molecular formula is C17H25N3O3. The first-order valence-corrected chi connectivity index (χ1v) is 8.43. The van der Waals surface area contributed by atoms with Crippen LogP contribution in [0.3, 0.4) is 0 Å². The van der Waals surface area contributed by atoms with Gasteiger partial charge in [0.1, 0.15) is 0 Å². The van der Waals surface area contributed by atoms with E-state index in [-0.39, 0.29) is 6.03 Å². The summed E-state index contributed by atoms with van der Waals surface area (Å²) in [6.07, 6.45) is 7.08. The van der Waals surface area contributed by atoms with Gasteiger partial charge in [0.2, 0.25) is 0 Å². The summed E-state index contributed by atoms with van der Waals surface area (Å²) in [6, 6.07) is 3.89. The molecule has 1 atom stereocenters. The highest BCUT2D eigenvalue weighted by Gasteiger charge is 2.44. The third-order valence-corrected chi connectivity index (χ3v) is 4.95. The number of rotatable bonds is 3. The summed E-state index contributed by atoms with van der Waals surface area (Å²) in [4.78, 5) is 18.0. The molecule has 2 fully saturated rings. The molecule has 0 aromatic carbocycles. The molecule has 2 aliphatic rings. The van der Waals surface area contributed by atoms with Crippen molar-refractivity contribution < 1.29 is 14.6 Å². The Bertz CT molecular complexity index is 515. The summed E-state index contributed by atoms with van der Waals surface area (Å²) in [5.74, 6) is 0. The summed E-state index contributed by atoms with van der Waals surface area (Å²) in [5.41, 5.74) is 0.739. The number of hydrogen-bond donors (Lipinski definition) is 2. The van der Waals surface area contributed by atoms with Crippen molar-refractivity contribution in [2.24, 2.45) is 0 Å². The average Bonchev–Trinajstić information content (AvgIpc) is 2.59. The van der Waals surface area contributed by atoms with E-state index in [2.05, 4.69) is 10.3 Å². The normalized spacial score (nSPS) is 23.7. The molecule has 1 spiro atoms. The number of likely N-dealkylation sites (tertiary alicyclic amines) is 1. The first-order valence-electron chi connectivity index (χ1n) is 8.43. The Hall–Kier alpha value is -1.66. The first kappa shape index (κ1) is 16.2. The van der Waals surface area contributed by atoms with Crippen molar-refractivity contribution in [2.75, 3.05) is 26.2 Å². The van der Waals surface area contributed by atoms with Crippen LogP contribution < -0.4 is 5.32 Å². The molecule has 3 heterocycles. The average molecular weight is 319 g/mol. The molecule has 1 aromatic heterocycles. The van der Waals surface area contributed by atoms with Gasteiger partial charge in [0.05, 0.1) is 11.7 Å². The first-order chi connectivity index (χ1) is 11.2. The Kier molecular flexibility index (Phi) is 5.13. The van der Waals surface area contributed by atoms with Crippen LogP contribution in [0.25, 0.3) is 0 Å². The Labute approximate surface area is 136 Å². The Morgan fingerprint density at radius 1 is 1.39 bits per heavy atom. The highest BCUT2D eigenvalue weighted by Crippen LogP contribution is 2.35. The summed E-state index contributed by atoms with van der Waals surface area (Å²) in [7, 11) is 0. The second kappa shape index (κ2) is 7.27. The molecule has 0 aliphatic carbocycles. The van der Waals surface area contributed by atoms with E-state index < -0.39 is 11.7 Å². The molecule has 2 N–H and O–H groups in total. The molecule has 6 nitrogen and oxygen atoms in total. The Balaban J connectivity index is 1.43. The molecule has 1 aromatic rings. The zero-order valence-corrected chi connectivity index (χ0v) is 13.4. The van der Waals surface area contributed by atoms with Gasteiger partial charge in [-0.1, -0.05) is 0 Å². The fourth-order valence-corrected chi connectivity index (χ4v) is 3.45. The van der Waals surface area contributed by atoms with E-state index in [0.717, 1.165) is 31.4 Å². The van der Waals surface area contributed by atoms with E-state index in [4.69, 9.17) is 4.74 Å². The van der Waals surface area contributed by atoms with Crippen LogP contribution in [0.5, 0.6) is 0 Å². The number of aliphatic hydroxyl groups excluding tert-OH is 1. The summed E-state index contributed by atoms with van der Waals surface area (Å²) in [6.45, 7) is 2.61. The van der Waals surface area contributed by atoms with E-state index in [9.17, 15) is 9.90 Å².